The number of halogens is 1. The van der Waals surface area contributed by atoms with E-state index in [-0.39, 0.29) is 0 Å². The van der Waals surface area contributed by atoms with Crippen LogP contribution < -0.4 is 4.74 Å². The summed E-state index contributed by atoms with van der Waals surface area (Å²) in [7, 11) is 0. The summed E-state index contributed by atoms with van der Waals surface area (Å²) < 4.78 is 5.61. The number of carbonyl (C=O) groups is 1. The molecule has 0 saturated heterocycles. The highest BCUT2D eigenvalue weighted by Crippen LogP contribution is 2.26. The number of nitrogens with zero attached hydrogens (tertiary/aromatic N) is 2. The van der Waals surface area contributed by atoms with E-state index in [2.05, 4.69) is 10.2 Å². The molecule has 0 radical (unpaired) electrons. The molecule has 24 heavy (non-hydrogen) atoms. The van der Waals surface area contributed by atoms with Gasteiger partial charge in [0.15, 0.2) is 5.15 Å². The van der Waals surface area contributed by atoms with E-state index in [0.29, 0.717) is 16.8 Å². The zero-order valence-corrected chi connectivity index (χ0v) is 13.4. The van der Waals surface area contributed by atoms with Crippen LogP contribution in [-0.4, -0.2) is 16.5 Å². The van der Waals surface area contributed by atoms with Crippen molar-refractivity contribution in [2.45, 2.75) is 0 Å². The Bertz CT molecular complexity index is 845. The third-order valence-electron chi connectivity index (χ3n) is 3.31. The van der Waals surface area contributed by atoms with E-state index >= 15 is 0 Å². The van der Waals surface area contributed by atoms with Gasteiger partial charge in [0, 0.05) is 6.07 Å². The number of hydrogen-bond donors (Lipinski definition) is 0. The van der Waals surface area contributed by atoms with Gasteiger partial charge in [-0.3, -0.25) is 4.79 Å². The molecule has 5 heteroatoms. The lowest BCUT2D eigenvalue weighted by Gasteiger charge is -2.09. The van der Waals surface area contributed by atoms with Gasteiger partial charge < -0.3 is 4.74 Å². The predicted molar refractivity (Wildman–Crippen MR) is 93.1 cm³/mol. The molecule has 4 nitrogen and oxygen atoms in total. The highest BCUT2D eigenvalue weighted by Gasteiger charge is 2.06. The van der Waals surface area contributed by atoms with Crippen molar-refractivity contribution in [1.29, 1.82) is 0 Å². The number of allylic oxidation sites excluding steroid dienone is 1. The highest BCUT2D eigenvalue weighted by molar-refractivity contribution is 6.29. The molecule has 0 unspecified atom stereocenters. The lowest BCUT2D eigenvalue weighted by molar-refractivity contribution is -0.104. The Morgan fingerprint density at radius 1 is 0.875 bits per heavy atom. The van der Waals surface area contributed by atoms with Crippen LogP contribution in [0.15, 0.2) is 72.8 Å². The summed E-state index contributed by atoms with van der Waals surface area (Å²) in [5, 5.41) is 7.88. The van der Waals surface area contributed by atoms with Crippen molar-refractivity contribution in [2.24, 2.45) is 0 Å². The van der Waals surface area contributed by atoms with Crippen LogP contribution >= 0.6 is 11.6 Å². The number of aromatic nitrogens is 2. The van der Waals surface area contributed by atoms with Gasteiger partial charge in [-0.25, -0.2) is 0 Å². The largest absolute Gasteiger partial charge is 0.438 e. The molecule has 0 aliphatic heterocycles. The first-order valence-electron chi connectivity index (χ1n) is 7.24. The van der Waals surface area contributed by atoms with Crippen molar-refractivity contribution < 1.29 is 9.53 Å². The lowest BCUT2D eigenvalue weighted by atomic mass is 9.98. The second-order valence-electron chi connectivity index (χ2n) is 4.90. The molecule has 0 atom stereocenters. The van der Waals surface area contributed by atoms with Gasteiger partial charge in [-0.1, -0.05) is 54.1 Å². The molecule has 1 heterocycles. The summed E-state index contributed by atoms with van der Waals surface area (Å²) in [6.07, 6.45) is 2.34. The third kappa shape index (κ3) is 3.86. The Hall–Kier alpha value is -2.98. The fourth-order valence-electron chi connectivity index (χ4n) is 2.23. The van der Waals surface area contributed by atoms with Crippen LogP contribution in [0.5, 0.6) is 11.6 Å². The number of rotatable bonds is 5. The lowest BCUT2D eigenvalue weighted by Crippen LogP contribution is -1.92. The Balaban J connectivity index is 1.83. The quantitative estimate of drug-likeness (QED) is 0.506. The van der Waals surface area contributed by atoms with Gasteiger partial charge in [0.05, 0.1) is 0 Å². The van der Waals surface area contributed by atoms with Crippen LogP contribution in [0.25, 0.3) is 5.57 Å². The zero-order chi connectivity index (χ0) is 16.8. The molecule has 3 rings (SSSR count). The molecule has 0 amide bonds. The maximum atomic E-state index is 11.0. The van der Waals surface area contributed by atoms with E-state index in [4.69, 9.17) is 16.3 Å². The summed E-state index contributed by atoms with van der Waals surface area (Å²) in [4.78, 5) is 11.0. The second kappa shape index (κ2) is 7.53. The molecule has 0 saturated carbocycles. The van der Waals surface area contributed by atoms with E-state index in [1.54, 1.807) is 18.2 Å². The minimum atomic E-state index is 0.309. The van der Waals surface area contributed by atoms with Gasteiger partial charge in [-0.15, -0.1) is 10.2 Å². The maximum absolute atomic E-state index is 11.0. The third-order valence-corrected chi connectivity index (χ3v) is 3.52. The predicted octanol–water partition coefficient (Wildman–Crippen LogP) is 4.55. The minimum Gasteiger partial charge on any atom is -0.438 e. The molecule has 0 N–H and O–H groups in total. The van der Waals surface area contributed by atoms with Crippen LogP contribution in [0.3, 0.4) is 0 Å². The normalized spacial score (nSPS) is 11.1. The number of carbonyl (C=O) groups excluding carboxylic acids is 1. The number of hydrogen-bond acceptors (Lipinski definition) is 4. The Kier molecular flexibility index (Phi) is 4.99. The summed E-state index contributed by atoms with van der Waals surface area (Å²) >= 11 is 5.69. The Labute approximate surface area is 144 Å². The SMILES string of the molecule is O=C/C=C(/c1ccccc1)c1ccc(Oc2ccc(Cl)nn2)cc1. The van der Waals surface area contributed by atoms with Gasteiger partial charge in [-0.05, 0) is 41.0 Å². The first-order valence-corrected chi connectivity index (χ1v) is 7.62. The molecule has 0 bridgehead atoms. The van der Waals surface area contributed by atoms with Crippen LogP contribution in [0.2, 0.25) is 5.15 Å². The molecule has 0 fully saturated rings. The van der Waals surface area contributed by atoms with E-state index in [1.807, 2.05) is 54.6 Å². The fraction of sp³-hybridized carbons (Fsp3) is 0. The van der Waals surface area contributed by atoms with Crippen molar-refractivity contribution in [3.8, 4) is 11.6 Å². The van der Waals surface area contributed by atoms with E-state index in [0.717, 1.165) is 23.0 Å². The minimum absolute atomic E-state index is 0.309. The van der Waals surface area contributed by atoms with Crippen LogP contribution in [0.4, 0.5) is 0 Å². The van der Waals surface area contributed by atoms with Crippen LogP contribution in [0.1, 0.15) is 11.1 Å². The van der Waals surface area contributed by atoms with E-state index < -0.39 is 0 Å². The monoisotopic (exact) mass is 336 g/mol. The zero-order valence-electron chi connectivity index (χ0n) is 12.6. The average Bonchev–Trinajstić information content (AvgIpc) is 2.63. The summed E-state index contributed by atoms with van der Waals surface area (Å²) in [5.41, 5.74) is 2.74. The number of ether oxygens (including phenoxy) is 1. The van der Waals surface area contributed by atoms with Crippen molar-refractivity contribution in [3.63, 3.8) is 0 Å². The average molecular weight is 337 g/mol. The summed E-state index contributed by atoms with van der Waals surface area (Å²) in [5.74, 6) is 0.979. The summed E-state index contributed by atoms with van der Waals surface area (Å²) in [6.45, 7) is 0. The molecule has 0 aliphatic rings. The Morgan fingerprint density at radius 3 is 2.21 bits per heavy atom. The Morgan fingerprint density at radius 2 is 1.58 bits per heavy atom. The van der Waals surface area contributed by atoms with Crippen LogP contribution in [-0.2, 0) is 4.79 Å². The smallest absolute Gasteiger partial charge is 0.238 e. The van der Waals surface area contributed by atoms with E-state index in [1.165, 1.54) is 0 Å². The molecule has 0 spiro atoms. The summed E-state index contributed by atoms with van der Waals surface area (Å²) in [6, 6.07) is 20.4. The molecule has 3 aromatic rings. The van der Waals surface area contributed by atoms with Crippen molar-refractivity contribution in [2.75, 3.05) is 0 Å². The molecule has 1 aromatic heterocycles. The van der Waals surface area contributed by atoms with Crippen molar-refractivity contribution in [3.05, 3.63) is 89.1 Å². The number of aldehydes is 1. The molecule has 2 aromatic carbocycles. The molecule has 0 aliphatic carbocycles. The number of benzene rings is 2. The molecular weight excluding hydrogens is 324 g/mol. The van der Waals surface area contributed by atoms with Crippen molar-refractivity contribution in [1.82, 2.24) is 10.2 Å². The van der Waals surface area contributed by atoms with E-state index in [9.17, 15) is 4.79 Å². The van der Waals surface area contributed by atoms with Gasteiger partial charge in [0.1, 0.15) is 12.0 Å². The van der Waals surface area contributed by atoms with Gasteiger partial charge in [0.2, 0.25) is 5.88 Å². The first kappa shape index (κ1) is 15.9. The van der Waals surface area contributed by atoms with Gasteiger partial charge in [0.25, 0.3) is 0 Å². The highest BCUT2D eigenvalue weighted by atomic mass is 35.5. The second-order valence-corrected chi connectivity index (χ2v) is 5.29. The van der Waals surface area contributed by atoms with Crippen LogP contribution in [0, 0.1) is 0 Å². The van der Waals surface area contributed by atoms with Gasteiger partial charge in [-0.2, -0.15) is 0 Å². The van der Waals surface area contributed by atoms with Crippen molar-refractivity contribution >= 4 is 23.5 Å². The standard InChI is InChI=1S/C19H13ClN2O2/c20-18-10-11-19(22-21-18)24-16-8-6-15(7-9-16)17(12-13-23)14-4-2-1-3-5-14/h1-13H/b17-12-. The first-order chi connectivity index (χ1) is 11.8. The maximum Gasteiger partial charge on any atom is 0.238 e. The topological polar surface area (TPSA) is 52.1 Å². The fourth-order valence-corrected chi connectivity index (χ4v) is 2.33. The molecular formula is C19H13ClN2O2. The molecule has 118 valence electrons. The van der Waals surface area contributed by atoms with Gasteiger partial charge >= 0.3 is 0 Å².